The number of carbonyl (C=O) groups is 1. The number of anilines is 2. The van der Waals surface area contributed by atoms with Gasteiger partial charge in [-0.1, -0.05) is 0 Å². The second-order valence-corrected chi connectivity index (χ2v) is 6.84. The van der Waals surface area contributed by atoms with Gasteiger partial charge < -0.3 is 15.5 Å². The van der Waals surface area contributed by atoms with Crippen LogP contribution in [-0.4, -0.2) is 44.5 Å². The van der Waals surface area contributed by atoms with Gasteiger partial charge in [0.25, 0.3) is 5.56 Å². The van der Waals surface area contributed by atoms with E-state index < -0.39 is 6.03 Å². The Kier molecular flexibility index (Phi) is 4.48. The first kappa shape index (κ1) is 16.5. The fraction of sp³-hybridized carbons (Fsp3) is 0.312. The van der Waals surface area contributed by atoms with Gasteiger partial charge in [0.05, 0.1) is 6.20 Å². The summed E-state index contributed by atoms with van der Waals surface area (Å²) in [6.45, 7) is 1.47. The minimum absolute atomic E-state index is 0.0480. The Balaban J connectivity index is 1.41. The fourth-order valence-corrected chi connectivity index (χ4v) is 3.66. The zero-order valence-corrected chi connectivity index (χ0v) is 14.6. The molecule has 9 nitrogen and oxygen atoms in total. The maximum Gasteiger partial charge on any atom is 0.319 e. The average Bonchev–Trinajstić information content (AvgIpc) is 3.15. The van der Waals surface area contributed by atoms with Crippen molar-refractivity contribution in [2.24, 2.45) is 0 Å². The number of amides is 2. The van der Waals surface area contributed by atoms with E-state index >= 15 is 0 Å². The van der Waals surface area contributed by atoms with Crippen LogP contribution in [0, 0.1) is 0 Å². The van der Waals surface area contributed by atoms with Gasteiger partial charge >= 0.3 is 6.03 Å². The number of fused-ring (bicyclic) bond motifs is 1. The molecule has 0 aromatic carbocycles. The maximum atomic E-state index is 12.3. The molecule has 0 spiro atoms. The molecular weight excluding hydrogens is 354 g/mol. The molecule has 0 bridgehead atoms. The molecule has 1 aliphatic rings. The highest BCUT2D eigenvalue weighted by Crippen LogP contribution is 2.15. The molecule has 0 saturated carbocycles. The molecule has 4 heterocycles. The lowest BCUT2D eigenvalue weighted by atomic mass is 10.1. The van der Waals surface area contributed by atoms with Crippen LogP contribution in [0.4, 0.5) is 16.4 Å². The fourth-order valence-electron chi connectivity index (χ4n) is 2.99. The van der Waals surface area contributed by atoms with Crippen molar-refractivity contribution in [3.05, 3.63) is 46.6 Å². The number of carbonyl (C=O) groups excluding carboxylic acids is 1. The van der Waals surface area contributed by atoms with E-state index in [4.69, 9.17) is 0 Å². The van der Waals surface area contributed by atoms with Gasteiger partial charge in [-0.25, -0.2) is 19.7 Å². The number of thiazole rings is 1. The molecule has 26 heavy (non-hydrogen) atoms. The molecule has 3 aromatic heterocycles. The number of nitrogens with zero attached hydrogens (tertiary/aromatic N) is 5. The van der Waals surface area contributed by atoms with Gasteiger partial charge in [0.1, 0.15) is 5.69 Å². The smallest absolute Gasteiger partial charge is 0.319 e. The van der Waals surface area contributed by atoms with E-state index in [1.165, 1.54) is 21.9 Å². The third-order valence-corrected chi connectivity index (χ3v) is 4.95. The van der Waals surface area contributed by atoms with Gasteiger partial charge in [0.15, 0.2) is 4.96 Å². The molecule has 0 radical (unpaired) electrons. The van der Waals surface area contributed by atoms with Gasteiger partial charge in [-0.15, -0.1) is 11.3 Å². The predicted molar refractivity (Wildman–Crippen MR) is 98.8 cm³/mol. The van der Waals surface area contributed by atoms with E-state index in [0.717, 1.165) is 19.4 Å². The lowest BCUT2D eigenvalue weighted by molar-refractivity contribution is 0.246. The van der Waals surface area contributed by atoms with Crippen LogP contribution in [0.25, 0.3) is 4.96 Å². The van der Waals surface area contributed by atoms with Crippen LogP contribution in [-0.2, 0) is 0 Å². The van der Waals surface area contributed by atoms with Crippen molar-refractivity contribution >= 4 is 34.0 Å². The first-order chi connectivity index (χ1) is 12.7. The standard InChI is InChI=1S/C16H17N7O2S/c24-13-12(9-19-16-23(13)7-8-26-16)21-15(25)20-11-3-1-6-22(10-11)14-17-4-2-5-18-14/h2,4-5,7-9,11H,1,3,6,10H2,(H2,20,21,25). The Labute approximate surface area is 152 Å². The summed E-state index contributed by atoms with van der Waals surface area (Å²) in [5.74, 6) is 0.657. The van der Waals surface area contributed by atoms with Gasteiger partial charge in [-0.2, -0.15) is 0 Å². The van der Waals surface area contributed by atoms with Crippen LogP contribution in [0.1, 0.15) is 12.8 Å². The van der Waals surface area contributed by atoms with Crippen molar-refractivity contribution in [2.75, 3.05) is 23.3 Å². The van der Waals surface area contributed by atoms with E-state index in [2.05, 4.69) is 25.6 Å². The summed E-state index contributed by atoms with van der Waals surface area (Å²) in [4.78, 5) is 39.9. The van der Waals surface area contributed by atoms with Crippen LogP contribution >= 0.6 is 11.3 Å². The van der Waals surface area contributed by atoms with Gasteiger partial charge in [0.2, 0.25) is 5.95 Å². The second-order valence-electron chi connectivity index (χ2n) is 5.97. The third-order valence-electron chi connectivity index (χ3n) is 4.18. The summed E-state index contributed by atoms with van der Waals surface area (Å²) in [7, 11) is 0. The first-order valence-electron chi connectivity index (χ1n) is 8.25. The molecule has 1 fully saturated rings. The van der Waals surface area contributed by atoms with E-state index in [1.54, 1.807) is 30.0 Å². The topological polar surface area (TPSA) is 105 Å². The van der Waals surface area contributed by atoms with Crippen LogP contribution in [0.5, 0.6) is 0 Å². The molecule has 0 aliphatic carbocycles. The molecule has 1 atom stereocenters. The number of rotatable bonds is 3. The first-order valence-corrected chi connectivity index (χ1v) is 9.13. The van der Waals surface area contributed by atoms with Crippen LogP contribution in [0.3, 0.4) is 0 Å². The zero-order valence-electron chi connectivity index (χ0n) is 13.8. The number of nitrogens with one attached hydrogen (secondary N) is 2. The molecule has 1 saturated heterocycles. The van der Waals surface area contributed by atoms with E-state index in [9.17, 15) is 9.59 Å². The minimum Gasteiger partial charge on any atom is -0.339 e. The SMILES string of the molecule is O=C(Nc1cnc2sccn2c1=O)NC1CCCN(c2ncccn2)C1. The molecule has 1 unspecified atom stereocenters. The normalized spacial score (nSPS) is 17.2. The molecular formula is C16H17N7O2S. The summed E-state index contributed by atoms with van der Waals surface area (Å²) >= 11 is 1.36. The number of urea groups is 1. The molecule has 134 valence electrons. The molecule has 2 amide bonds. The average molecular weight is 371 g/mol. The van der Waals surface area contributed by atoms with Gasteiger partial charge in [-0.3, -0.25) is 9.20 Å². The molecule has 2 N–H and O–H groups in total. The molecule has 3 aromatic rings. The van der Waals surface area contributed by atoms with Crippen molar-refractivity contribution in [3.8, 4) is 0 Å². The predicted octanol–water partition coefficient (Wildman–Crippen LogP) is 1.34. The van der Waals surface area contributed by atoms with E-state index in [0.29, 0.717) is 17.5 Å². The van der Waals surface area contributed by atoms with Crippen molar-refractivity contribution in [2.45, 2.75) is 18.9 Å². The molecule has 1 aliphatic heterocycles. The number of hydrogen-bond acceptors (Lipinski definition) is 7. The summed E-state index contributed by atoms with van der Waals surface area (Å²) in [6, 6.07) is 1.31. The number of aromatic nitrogens is 4. The summed E-state index contributed by atoms with van der Waals surface area (Å²) in [5, 5.41) is 7.29. The highest BCUT2D eigenvalue weighted by molar-refractivity contribution is 7.15. The zero-order chi connectivity index (χ0) is 17.9. The monoisotopic (exact) mass is 371 g/mol. The van der Waals surface area contributed by atoms with Crippen molar-refractivity contribution in [1.82, 2.24) is 24.7 Å². The van der Waals surface area contributed by atoms with Gasteiger partial charge in [0, 0.05) is 43.1 Å². The Bertz CT molecular complexity index is 971. The molecule has 10 heteroatoms. The van der Waals surface area contributed by atoms with Crippen molar-refractivity contribution in [3.63, 3.8) is 0 Å². The Morgan fingerprint density at radius 3 is 2.96 bits per heavy atom. The number of hydrogen-bond donors (Lipinski definition) is 2. The molecule has 4 rings (SSSR count). The number of piperidine rings is 1. The van der Waals surface area contributed by atoms with Crippen LogP contribution in [0.2, 0.25) is 0 Å². The van der Waals surface area contributed by atoms with Crippen molar-refractivity contribution < 1.29 is 4.79 Å². The van der Waals surface area contributed by atoms with Gasteiger partial charge in [-0.05, 0) is 18.9 Å². The lowest BCUT2D eigenvalue weighted by Gasteiger charge is -2.33. The highest BCUT2D eigenvalue weighted by atomic mass is 32.1. The van der Waals surface area contributed by atoms with Crippen LogP contribution < -0.4 is 21.1 Å². The largest absolute Gasteiger partial charge is 0.339 e. The Morgan fingerprint density at radius 2 is 2.12 bits per heavy atom. The summed E-state index contributed by atoms with van der Waals surface area (Å²) < 4.78 is 1.41. The van der Waals surface area contributed by atoms with E-state index in [-0.39, 0.29) is 17.3 Å². The highest BCUT2D eigenvalue weighted by Gasteiger charge is 2.23. The van der Waals surface area contributed by atoms with Crippen molar-refractivity contribution in [1.29, 1.82) is 0 Å². The quantitative estimate of drug-likeness (QED) is 0.720. The maximum absolute atomic E-state index is 12.3. The Hall–Kier alpha value is -3.01. The summed E-state index contributed by atoms with van der Waals surface area (Å²) in [5.41, 5.74) is -0.146. The minimum atomic E-state index is -0.417. The summed E-state index contributed by atoms with van der Waals surface area (Å²) in [6.07, 6.45) is 8.21. The lowest BCUT2D eigenvalue weighted by Crippen LogP contribution is -2.49. The Morgan fingerprint density at radius 1 is 1.27 bits per heavy atom. The van der Waals surface area contributed by atoms with E-state index in [1.807, 2.05) is 4.90 Å². The second kappa shape index (κ2) is 7.08. The third kappa shape index (κ3) is 3.36. The van der Waals surface area contributed by atoms with Crippen LogP contribution in [0.15, 0.2) is 41.0 Å².